The minimum absolute atomic E-state index is 0.420. The molecule has 3 nitrogen and oxygen atoms in total. The highest BCUT2D eigenvalue weighted by atomic mass is 32.1. The summed E-state index contributed by atoms with van der Waals surface area (Å²) in [4.78, 5) is 0. The smallest absolute Gasteiger partial charge is 0.0893 e. The van der Waals surface area contributed by atoms with E-state index in [1.807, 2.05) is 5.38 Å². The van der Waals surface area contributed by atoms with Crippen LogP contribution in [-0.2, 0) is 6.54 Å². The first kappa shape index (κ1) is 9.09. The molecule has 0 unspecified atom stereocenters. The average Bonchev–Trinajstić information content (AvgIpc) is 2.56. The van der Waals surface area contributed by atoms with Crippen molar-refractivity contribution in [2.24, 2.45) is 0 Å². The van der Waals surface area contributed by atoms with E-state index in [1.54, 1.807) is 0 Å². The zero-order chi connectivity index (χ0) is 9.15. The fourth-order valence-electron chi connectivity index (χ4n) is 1.80. The van der Waals surface area contributed by atoms with E-state index < -0.39 is 0 Å². The van der Waals surface area contributed by atoms with Crippen molar-refractivity contribution < 1.29 is 0 Å². The summed E-state index contributed by atoms with van der Waals surface area (Å²) < 4.78 is 3.84. The maximum Gasteiger partial charge on any atom is 0.0893 e. The predicted octanol–water partition coefficient (Wildman–Crippen LogP) is 1.96. The third-order valence-corrected chi connectivity index (χ3v) is 3.59. The molecule has 1 fully saturated rings. The van der Waals surface area contributed by atoms with Gasteiger partial charge in [-0.1, -0.05) is 11.4 Å². The van der Waals surface area contributed by atoms with Crippen LogP contribution in [0.3, 0.4) is 0 Å². The molecule has 1 saturated carbocycles. The van der Waals surface area contributed by atoms with Gasteiger partial charge in [0.1, 0.15) is 0 Å². The van der Waals surface area contributed by atoms with Crippen LogP contribution in [-0.4, -0.2) is 15.1 Å². The van der Waals surface area contributed by atoms with Crippen LogP contribution in [0.25, 0.3) is 0 Å². The van der Waals surface area contributed by atoms with Crippen molar-refractivity contribution in [3.8, 4) is 0 Å². The molecule has 0 amide bonds. The molecule has 0 atom stereocenters. The number of aromatic nitrogens is 2. The molecule has 0 spiro atoms. The normalized spacial score (nSPS) is 19.8. The average molecular weight is 197 g/mol. The summed E-state index contributed by atoms with van der Waals surface area (Å²) in [5.41, 5.74) is 1.49. The fraction of sp³-hybridized carbons (Fsp3) is 0.778. The molecule has 2 rings (SSSR count). The lowest BCUT2D eigenvalue weighted by Gasteiger charge is -2.42. The second kappa shape index (κ2) is 3.72. The van der Waals surface area contributed by atoms with Crippen LogP contribution in [0.1, 0.15) is 38.3 Å². The number of nitrogens with zero attached hydrogens (tertiary/aromatic N) is 2. The van der Waals surface area contributed by atoms with Crippen LogP contribution in [0.15, 0.2) is 5.38 Å². The molecule has 72 valence electrons. The quantitative estimate of drug-likeness (QED) is 0.801. The van der Waals surface area contributed by atoms with Gasteiger partial charge in [-0.2, -0.15) is 0 Å². The molecular weight excluding hydrogens is 182 g/mol. The Morgan fingerprint density at radius 3 is 2.92 bits per heavy atom. The summed E-state index contributed by atoms with van der Waals surface area (Å²) in [6, 6.07) is 0. The Morgan fingerprint density at radius 1 is 1.62 bits per heavy atom. The van der Waals surface area contributed by atoms with Crippen molar-refractivity contribution in [2.45, 2.75) is 44.7 Å². The molecule has 4 heteroatoms. The van der Waals surface area contributed by atoms with E-state index >= 15 is 0 Å². The Morgan fingerprint density at radius 2 is 2.46 bits per heavy atom. The Bertz CT molecular complexity index is 248. The number of nitrogens with one attached hydrogen (secondary N) is 1. The van der Waals surface area contributed by atoms with Gasteiger partial charge in [0.15, 0.2) is 0 Å². The first-order chi connectivity index (χ1) is 6.35. The van der Waals surface area contributed by atoms with E-state index in [0.29, 0.717) is 5.54 Å². The number of rotatable bonds is 4. The largest absolute Gasteiger partial charge is 0.306 e. The van der Waals surface area contributed by atoms with Gasteiger partial charge in [-0.15, -0.1) is 5.10 Å². The SMILES string of the molecule is CCC1(NCc2csnn2)CCC1. The van der Waals surface area contributed by atoms with E-state index in [9.17, 15) is 0 Å². The number of hydrogen-bond donors (Lipinski definition) is 1. The molecule has 0 aromatic carbocycles. The van der Waals surface area contributed by atoms with Crippen LogP contribution in [0.2, 0.25) is 0 Å². The van der Waals surface area contributed by atoms with Gasteiger partial charge in [-0.3, -0.25) is 0 Å². The van der Waals surface area contributed by atoms with Crippen molar-refractivity contribution in [3.05, 3.63) is 11.1 Å². The summed E-state index contributed by atoms with van der Waals surface area (Å²) in [6.45, 7) is 3.13. The highest BCUT2D eigenvalue weighted by Crippen LogP contribution is 2.34. The van der Waals surface area contributed by atoms with Gasteiger partial charge < -0.3 is 5.32 Å². The minimum Gasteiger partial charge on any atom is -0.306 e. The van der Waals surface area contributed by atoms with Gasteiger partial charge in [0.05, 0.1) is 5.69 Å². The zero-order valence-corrected chi connectivity index (χ0v) is 8.73. The minimum atomic E-state index is 0.420. The van der Waals surface area contributed by atoms with Crippen LogP contribution in [0.4, 0.5) is 0 Å². The standard InChI is InChI=1S/C9H15N3S/c1-2-9(4-3-5-9)10-6-8-7-13-12-11-8/h7,10H,2-6H2,1H3. The van der Waals surface area contributed by atoms with Gasteiger partial charge in [-0.05, 0) is 37.2 Å². The molecule has 1 N–H and O–H groups in total. The Balaban J connectivity index is 1.84. The Hall–Kier alpha value is -0.480. The topological polar surface area (TPSA) is 37.8 Å². The molecule has 1 aromatic rings. The third kappa shape index (κ3) is 1.89. The van der Waals surface area contributed by atoms with E-state index in [-0.39, 0.29) is 0 Å². The molecular formula is C9H15N3S. The van der Waals surface area contributed by atoms with Gasteiger partial charge in [0, 0.05) is 17.5 Å². The van der Waals surface area contributed by atoms with Crippen molar-refractivity contribution in [3.63, 3.8) is 0 Å². The summed E-state index contributed by atoms with van der Waals surface area (Å²) in [5, 5.41) is 9.62. The third-order valence-electron chi connectivity index (χ3n) is 3.04. The highest BCUT2D eigenvalue weighted by Gasteiger charge is 2.34. The van der Waals surface area contributed by atoms with Crippen molar-refractivity contribution >= 4 is 11.5 Å². The summed E-state index contributed by atoms with van der Waals surface area (Å²) in [7, 11) is 0. The molecule has 0 aliphatic heterocycles. The van der Waals surface area contributed by atoms with Crippen LogP contribution in [0.5, 0.6) is 0 Å². The zero-order valence-electron chi connectivity index (χ0n) is 7.92. The summed E-state index contributed by atoms with van der Waals surface area (Å²) in [6.07, 6.45) is 5.24. The molecule has 0 bridgehead atoms. The van der Waals surface area contributed by atoms with E-state index in [4.69, 9.17) is 0 Å². The maximum atomic E-state index is 4.02. The molecule has 1 aliphatic rings. The molecule has 0 radical (unpaired) electrons. The lowest BCUT2D eigenvalue weighted by molar-refractivity contribution is 0.175. The van der Waals surface area contributed by atoms with Gasteiger partial charge >= 0.3 is 0 Å². The fourth-order valence-corrected chi connectivity index (χ4v) is 2.25. The Kier molecular flexibility index (Phi) is 2.60. The van der Waals surface area contributed by atoms with Gasteiger partial charge in [0.25, 0.3) is 0 Å². The highest BCUT2D eigenvalue weighted by molar-refractivity contribution is 7.03. The summed E-state index contributed by atoms with van der Waals surface area (Å²) >= 11 is 1.42. The lowest BCUT2D eigenvalue weighted by atomic mass is 9.75. The summed E-state index contributed by atoms with van der Waals surface area (Å²) in [5.74, 6) is 0. The van der Waals surface area contributed by atoms with Gasteiger partial charge in [0.2, 0.25) is 0 Å². The molecule has 1 aromatic heterocycles. The van der Waals surface area contributed by atoms with Crippen molar-refractivity contribution in [1.82, 2.24) is 14.9 Å². The second-order valence-electron chi connectivity index (χ2n) is 3.74. The van der Waals surface area contributed by atoms with Gasteiger partial charge in [-0.25, -0.2) is 0 Å². The number of hydrogen-bond acceptors (Lipinski definition) is 4. The predicted molar refractivity (Wildman–Crippen MR) is 53.6 cm³/mol. The van der Waals surface area contributed by atoms with E-state index in [2.05, 4.69) is 21.8 Å². The van der Waals surface area contributed by atoms with Crippen LogP contribution < -0.4 is 5.32 Å². The van der Waals surface area contributed by atoms with E-state index in [0.717, 1.165) is 12.2 Å². The molecule has 0 saturated heterocycles. The van der Waals surface area contributed by atoms with Crippen molar-refractivity contribution in [2.75, 3.05) is 0 Å². The van der Waals surface area contributed by atoms with E-state index in [1.165, 1.54) is 37.2 Å². The van der Waals surface area contributed by atoms with Crippen LogP contribution in [0, 0.1) is 0 Å². The molecule has 13 heavy (non-hydrogen) atoms. The Labute approximate surface area is 82.7 Å². The lowest BCUT2D eigenvalue weighted by Crippen LogP contribution is -2.49. The maximum absolute atomic E-state index is 4.02. The molecule has 1 heterocycles. The van der Waals surface area contributed by atoms with Crippen LogP contribution >= 0.6 is 11.5 Å². The molecule has 1 aliphatic carbocycles. The van der Waals surface area contributed by atoms with Crippen molar-refractivity contribution in [1.29, 1.82) is 0 Å². The second-order valence-corrected chi connectivity index (χ2v) is 4.35. The first-order valence-electron chi connectivity index (χ1n) is 4.86. The first-order valence-corrected chi connectivity index (χ1v) is 5.69. The monoisotopic (exact) mass is 197 g/mol.